The third kappa shape index (κ3) is 3.47. The summed E-state index contributed by atoms with van der Waals surface area (Å²) < 4.78 is 6.94. The lowest BCUT2D eigenvalue weighted by Crippen LogP contribution is -2.43. The fourth-order valence-electron chi connectivity index (χ4n) is 3.04. The number of aliphatic hydroxyl groups excluding tert-OH is 1. The van der Waals surface area contributed by atoms with Gasteiger partial charge in [-0.3, -0.25) is 9.78 Å². The molecule has 3 heterocycles. The summed E-state index contributed by atoms with van der Waals surface area (Å²) in [7, 11) is 0. The number of aliphatic hydroxyl groups is 1. The number of fused-ring (bicyclic) bond motifs is 1. The molecule has 9 heteroatoms. The van der Waals surface area contributed by atoms with Gasteiger partial charge in [-0.25, -0.2) is 0 Å². The van der Waals surface area contributed by atoms with Crippen LogP contribution in [0.5, 0.6) is 5.88 Å². The van der Waals surface area contributed by atoms with Gasteiger partial charge in [-0.2, -0.15) is 4.52 Å². The van der Waals surface area contributed by atoms with E-state index in [1.54, 1.807) is 18.3 Å². The molecule has 1 amide bonds. The van der Waals surface area contributed by atoms with Gasteiger partial charge in [0.15, 0.2) is 12.3 Å². The maximum absolute atomic E-state index is 12.4. The molecule has 1 fully saturated rings. The number of hydrogen-bond donors (Lipinski definition) is 2. The summed E-state index contributed by atoms with van der Waals surface area (Å²) in [5, 5.41) is 24.3. The van der Waals surface area contributed by atoms with Crippen LogP contribution in [-0.2, 0) is 4.79 Å². The maximum atomic E-state index is 12.4. The summed E-state index contributed by atoms with van der Waals surface area (Å²) in [5.74, 6) is 0.198. The third-order valence-corrected chi connectivity index (χ3v) is 4.43. The number of aromatic nitrogens is 5. The average Bonchev–Trinajstić information content (AvgIpc) is 3.10. The smallest absolute Gasteiger partial charge is 0.258 e. The Morgan fingerprint density at radius 1 is 1.35 bits per heavy atom. The van der Waals surface area contributed by atoms with Crippen molar-refractivity contribution < 1.29 is 14.6 Å². The molecule has 0 spiro atoms. The van der Waals surface area contributed by atoms with Crippen molar-refractivity contribution in [3.05, 3.63) is 48.5 Å². The first kappa shape index (κ1) is 16.4. The molecule has 2 N–H and O–H groups in total. The average molecular weight is 354 g/mol. The second-order valence-corrected chi connectivity index (χ2v) is 6.28. The van der Waals surface area contributed by atoms with Crippen LogP contribution in [0.2, 0.25) is 0 Å². The molecule has 26 heavy (non-hydrogen) atoms. The largest absolute Gasteiger partial charge is 0.467 e. The molecule has 0 aromatic carbocycles. The Hall–Kier alpha value is -3.07. The van der Waals surface area contributed by atoms with Crippen LogP contribution in [0.1, 0.15) is 24.6 Å². The predicted octanol–water partition coefficient (Wildman–Crippen LogP) is 0.526. The standard InChI is InChI=1S/C17H18N6O3/c24-12-7-11(8-12)17(13-3-1-2-6-18-13)20-15(25)9-26-16-5-4-14-21-19-10-23(14)22-16/h1-6,10-12,17,24H,7-9H2,(H,20,25)/t11?,12?,17-/m0/s1. The Balaban J connectivity index is 1.39. The molecule has 1 saturated carbocycles. The summed E-state index contributed by atoms with van der Waals surface area (Å²) >= 11 is 0. The molecular weight excluding hydrogens is 336 g/mol. The Bertz CT molecular complexity index is 894. The summed E-state index contributed by atoms with van der Waals surface area (Å²) in [6.45, 7) is -0.167. The molecule has 134 valence electrons. The molecule has 3 aromatic heterocycles. The molecule has 0 bridgehead atoms. The van der Waals surface area contributed by atoms with Gasteiger partial charge in [0, 0.05) is 12.3 Å². The SMILES string of the molecule is O=C(COc1ccc2nncn2n1)N[C@H](c1ccccn1)C1CC(O)C1. The topological polar surface area (TPSA) is 115 Å². The molecule has 0 unspecified atom stereocenters. The van der Waals surface area contributed by atoms with Gasteiger partial charge in [0.05, 0.1) is 17.8 Å². The summed E-state index contributed by atoms with van der Waals surface area (Å²) in [6.07, 6.45) is 4.14. The van der Waals surface area contributed by atoms with Crippen molar-refractivity contribution in [1.29, 1.82) is 0 Å². The number of nitrogens with zero attached hydrogens (tertiary/aromatic N) is 5. The quantitative estimate of drug-likeness (QED) is 0.663. The number of ether oxygens (including phenoxy) is 1. The van der Waals surface area contributed by atoms with Crippen molar-refractivity contribution in [3.63, 3.8) is 0 Å². The molecule has 0 aliphatic heterocycles. The van der Waals surface area contributed by atoms with E-state index in [-0.39, 0.29) is 30.6 Å². The van der Waals surface area contributed by atoms with Gasteiger partial charge < -0.3 is 15.2 Å². The first-order valence-corrected chi connectivity index (χ1v) is 8.37. The van der Waals surface area contributed by atoms with Gasteiger partial charge in [-0.1, -0.05) is 6.07 Å². The zero-order valence-corrected chi connectivity index (χ0v) is 13.9. The number of carbonyl (C=O) groups excluding carboxylic acids is 1. The van der Waals surface area contributed by atoms with Crippen LogP contribution < -0.4 is 10.1 Å². The zero-order chi connectivity index (χ0) is 17.9. The van der Waals surface area contributed by atoms with Crippen molar-refractivity contribution in [3.8, 4) is 5.88 Å². The first-order chi connectivity index (χ1) is 12.7. The molecule has 1 atom stereocenters. The van der Waals surface area contributed by atoms with Crippen LogP contribution in [-0.4, -0.2) is 48.5 Å². The minimum atomic E-state index is -0.306. The van der Waals surface area contributed by atoms with E-state index < -0.39 is 0 Å². The molecule has 9 nitrogen and oxygen atoms in total. The van der Waals surface area contributed by atoms with E-state index >= 15 is 0 Å². The molecule has 1 aliphatic carbocycles. The van der Waals surface area contributed by atoms with Crippen molar-refractivity contribution >= 4 is 11.6 Å². The molecule has 3 aromatic rings. The monoisotopic (exact) mass is 354 g/mol. The van der Waals surface area contributed by atoms with E-state index in [1.807, 2.05) is 18.2 Å². The van der Waals surface area contributed by atoms with Gasteiger partial charge in [0.1, 0.15) is 6.33 Å². The van der Waals surface area contributed by atoms with E-state index in [0.29, 0.717) is 24.4 Å². The number of nitrogens with one attached hydrogen (secondary N) is 1. The maximum Gasteiger partial charge on any atom is 0.258 e. The zero-order valence-electron chi connectivity index (χ0n) is 13.9. The minimum Gasteiger partial charge on any atom is -0.467 e. The van der Waals surface area contributed by atoms with Crippen LogP contribution in [0.4, 0.5) is 0 Å². The first-order valence-electron chi connectivity index (χ1n) is 8.37. The van der Waals surface area contributed by atoms with Crippen molar-refractivity contribution in [1.82, 2.24) is 30.1 Å². The Kier molecular flexibility index (Phi) is 4.44. The number of hydrogen-bond acceptors (Lipinski definition) is 7. The van der Waals surface area contributed by atoms with Gasteiger partial charge in [0.25, 0.3) is 5.91 Å². The van der Waals surface area contributed by atoms with E-state index in [0.717, 1.165) is 5.69 Å². The van der Waals surface area contributed by atoms with Crippen LogP contribution in [0, 0.1) is 5.92 Å². The summed E-state index contributed by atoms with van der Waals surface area (Å²) in [5.41, 5.74) is 1.38. The Morgan fingerprint density at radius 3 is 3.00 bits per heavy atom. The second kappa shape index (κ2) is 7.04. The second-order valence-electron chi connectivity index (χ2n) is 6.28. The van der Waals surface area contributed by atoms with Crippen molar-refractivity contribution in [2.75, 3.05) is 6.61 Å². The van der Waals surface area contributed by atoms with E-state index in [2.05, 4.69) is 25.6 Å². The minimum absolute atomic E-state index is 0.162. The Labute approximate surface area is 149 Å². The number of carbonyl (C=O) groups is 1. The predicted molar refractivity (Wildman–Crippen MR) is 90.1 cm³/mol. The van der Waals surface area contributed by atoms with Crippen LogP contribution in [0.3, 0.4) is 0 Å². The van der Waals surface area contributed by atoms with Gasteiger partial charge in [-0.05, 0) is 37.0 Å². The third-order valence-electron chi connectivity index (χ3n) is 4.43. The van der Waals surface area contributed by atoms with Crippen LogP contribution in [0.15, 0.2) is 42.9 Å². The van der Waals surface area contributed by atoms with Crippen molar-refractivity contribution in [2.45, 2.75) is 25.0 Å². The molecule has 1 aliphatic rings. The fraction of sp³-hybridized carbons (Fsp3) is 0.353. The van der Waals surface area contributed by atoms with Gasteiger partial charge in [0.2, 0.25) is 5.88 Å². The molecule has 4 rings (SSSR count). The van der Waals surface area contributed by atoms with Crippen LogP contribution >= 0.6 is 0 Å². The lowest BCUT2D eigenvalue weighted by atomic mass is 9.76. The van der Waals surface area contributed by atoms with Crippen LogP contribution in [0.25, 0.3) is 5.65 Å². The summed E-state index contributed by atoms with van der Waals surface area (Å²) in [6, 6.07) is 8.68. The normalized spacial score (nSPS) is 20.3. The number of amides is 1. The fourth-order valence-corrected chi connectivity index (χ4v) is 3.04. The highest BCUT2D eigenvalue weighted by atomic mass is 16.5. The van der Waals surface area contributed by atoms with Crippen molar-refractivity contribution in [2.24, 2.45) is 5.92 Å². The molecule has 0 saturated heterocycles. The van der Waals surface area contributed by atoms with E-state index in [9.17, 15) is 9.90 Å². The Morgan fingerprint density at radius 2 is 2.23 bits per heavy atom. The van der Waals surface area contributed by atoms with Gasteiger partial charge in [-0.15, -0.1) is 15.3 Å². The highest BCUT2D eigenvalue weighted by molar-refractivity contribution is 5.78. The lowest BCUT2D eigenvalue weighted by Gasteiger charge is -2.37. The number of rotatable bonds is 6. The van der Waals surface area contributed by atoms with Gasteiger partial charge >= 0.3 is 0 Å². The summed E-state index contributed by atoms with van der Waals surface area (Å²) in [4.78, 5) is 16.7. The highest BCUT2D eigenvalue weighted by Gasteiger charge is 2.36. The van der Waals surface area contributed by atoms with E-state index in [4.69, 9.17) is 4.74 Å². The van der Waals surface area contributed by atoms with E-state index in [1.165, 1.54) is 10.8 Å². The molecule has 0 radical (unpaired) electrons. The molecular formula is C17H18N6O3. The highest BCUT2D eigenvalue weighted by Crippen LogP contribution is 2.37. The number of pyridine rings is 1. The lowest BCUT2D eigenvalue weighted by molar-refractivity contribution is -0.125.